The average molecular weight is 273 g/mol. The first kappa shape index (κ1) is 13.4. The fourth-order valence-electron chi connectivity index (χ4n) is 3.86. The molecule has 1 aromatic heterocycles. The van der Waals surface area contributed by atoms with Crippen molar-refractivity contribution < 1.29 is 4.79 Å². The highest BCUT2D eigenvalue weighted by Gasteiger charge is 2.36. The second-order valence-electron chi connectivity index (χ2n) is 6.17. The molecule has 0 bridgehead atoms. The molecule has 1 aromatic rings. The van der Waals surface area contributed by atoms with Crippen LogP contribution in [-0.4, -0.2) is 28.4 Å². The monoisotopic (exact) mass is 273 g/mol. The van der Waals surface area contributed by atoms with Crippen molar-refractivity contribution in [2.45, 2.75) is 51.5 Å². The Balaban J connectivity index is 1.84. The van der Waals surface area contributed by atoms with Crippen molar-refractivity contribution in [2.24, 2.45) is 5.92 Å². The number of pyridine rings is 1. The van der Waals surface area contributed by atoms with E-state index in [9.17, 15) is 4.79 Å². The van der Waals surface area contributed by atoms with Crippen LogP contribution >= 0.6 is 0 Å². The number of amides is 1. The third kappa shape index (κ3) is 2.51. The number of hydrogen-bond acceptors (Lipinski definition) is 3. The van der Waals surface area contributed by atoms with Gasteiger partial charge in [-0.1, -0.05) is 12.8 Å². The van der Waals surface area contributed by atoms with Crippen LogP contribution < -0.4 is 5.73 Å². The Bertz CT molecular complexity index is 492. The van der Waals surface area contributed by atoms with Crippen LogP contribution in [0.2, 0.25) is 0 Å². The van der Waals surface area contributed by atoms with Crippen molar-refractivity contribution in [3.63, 3.8) is 0 Å². The van der Waals surface area contributed by atoms with E-state index in [1.807, 2.05) is 13.0 Å². The molecule has 2 unspecified atom stereocenters. The zero-order valence-corrected chi connectivity index (χ0v) is 12.1. The molecule has 2 atom stereocenters. The normalized spacial score (nSPS) is 26.1. The van der Waals surface area contributed by atoms with Gasteiger partial charge in [0.05, 0.1) is 0 Å². The fourth-order valence-corrected chi connectivity index (χ4v) is 3.86. The molecule has 1 saturated heterocycles. The van der Waals surface area contributed by atoms with E-state index < -0.39 is 0 Å². The summed E-state index contributed by atoms with van der Waals surface area (Å²) >= 11 is 0. The van der Waals surface area contributed by atoms with Gasteiger partial charge in [-0.25, -0.2) is 4.98 Å². The Morgan fingerprint density at radius 3 is 2.80 bits per heavy atom. The molecule has 3 rings (SSSR count). The molecular formula is C16H23N3O. The van der Waals surface area contributed by atoms with E-state index in [-0.39, 0.29) is 5.91 Å². The van der Waals surface area contributed by atoms with Crippen LogP contribution in [0.15, 0.2) is 12.1 Å². The van der Waals surface area contributed by atoms with E-state index in [1.165, 1.54) is 25.7 Å². The van der Waals surface area contributed by atoms with Gasteiger partial charge in [-0.2, -0.15) is 0 Å². The van der Waals surface area contributed by atoms with Gasteiger partial charge in [-0.3, -0.25) is 4.79 Å². The van der Waals surface area contributed by atoms with Gasteiger partial charge in [0, 0.05) is 23.8 Å². The van der Waals surface area contributed by atoms with Crippen molar-refractivity contribution in [1.29, 1.82) is 0 Å². The molecule has 1 aliphatic heterocycles. The highest BCUT2D eigenvalue weighted by Crippen LogP contribution is 2.36. The van der Waals surface area contributed by atoms with Gasteiger partial charge < -0.3 is 10.6 Å². The van der Waals surface area contributed by atoms with Crippen LogP contribution in [0.25, 0.3) is 0 Å². The van der Waals surface area contributed by atoms with Crippen LogP contribution in [0.5, 0.6) is 0 Å². The zero-order chi connectivity index (χ0) is 14.1. The maximum atomic E-state index is 12.8. The molecule has 1 amide bonds. The standard InChI is InChI=1S/C16H23N3O/c1-11-9-13(10-15(17)18-11)16(20)19-8-4-6-12-5-2-3-7-14(12)19/h9-10,12,14H,2-8H2,1H3,(H2,17,18). The van der Waals surface area contributed by atoms with E-state index in [0.717, 1.165) is 25.1 Å². The Labute approximate surface area is 120 Å². The summed E-state index contributed by atoms with van der Waals surface area (Å²) in [7, 11) is 0. The summed E-state index contributed by atoms with van der Waals surface area (Å²) in [6.07, 6.45) is 7.44. The molecule has 4 heteroatoms. The van der Waals surface area contributed by atoms with E-state index in [1.54, 1.807) is 6.07 Å². The summed E-state index contributed by atoms with van der Waals surface area (Å²) < 4.78 is 0. The largest absolute Gasteiger partial charge is 0.384 e. The van der Waals surface area contributed by atoms with Crippen molar-refractivity contribution in [3.8, 4) is 0 Å². The summed E-state index contributed by atoms with van der Waals surface area (Å²) in [5.74, 6) is 1.28. The fraction of sp³-hybridized carbons (Fsp3) is 0.625. The molecule has 108 valence electrons. The number of nitrogens with two attached hydrogens (primary N) is 1. The number of aromatic nitrogens is 1. The topological polar surface area (TPSA) is 59.2 Å². The lowest BCUT2D eigenvalue weighted by Gasteiger charge is -2.44. The average Bonchev–Trinajstić information content (AvgIpc) is 2.45. The Kier molecular flexibility index (Phi) is 3.64. The van der Waals surface area contributed by atoms with Crippen LogP contribution in [0.1, 0.15) is 54.6 Å². The van der Waals surface area contributed by atoms with Crippen molar-refractivity contribution >= 4 is 11.7 Å². The number of nitrogen functional groups attached to an aromatic ring is 1. The predicted molar refractivity (Wildman–Crippen MR) is 79.4 cm³/mol. The lowest BCUT2D eigenvalue weighted by Crippen LogP contribution is -2.49. The van der Waals surface area contributed by atoms with Crippen LogP contribution in [0, 0.1) is 12.8 Å². The van der Waals surface area contributed by atoms with Crippen molar-refractivity contribution in [1.82, 2.24) is 9.88 Å². The molecule has 1 aliphatic carbocycles. The number of hydrogen-bond donors (Lipinski definition) is 1. The molecule has 2 heterocycles. The van der Waals surface area contributed by atoms with E-state index in [4.69, 9.17) is 5.73 Å². The number of rotatable bonds is 1. The van der Waals surface area contributed by atoms with Gasteiger partial charge in [0.2, 0.25) is 0 Å². The number of fused-ring (bicyclic) bond motifs is 1. The SMILES string of the molecule is Cc1cc(C(=O)N2CCCC3CCCCC32)cc(N)n1. The lowest BCUT2D eigenvalue weighted by atomic mass is 9.78. The highest BCUT2D eigenvalue weighted by atomic mass is 16.2. The first-order valence-electron chi connectivity index (χ1n) is 7.70. The van der Waals surface area contributed by atoms with E-state index in [0.29, 0.717) is 23.3 Å². The summed E-state index contributed by atoms with van der Waals surface area (Å²) in [6, 6.07) is 4.01. The summed E-state index contributed by atoms with van der Waals surface area (Å²) in [4.78, 5) is 19.1. The maximum absolute atomic E-state index is 12.8. The molecule has 20 heavy (non-hydrogen) atoms. The van der Waals surface area contributed by atoms with Gasteiger partial charge >= 0.3 is 0 Å². The minimum Gasteiger partial charge on any atom is -0.384 e. The van der Waals surface area contributed by atoms with Crippen LogP contribution in [0.4, 0.5) is 5.82 Å². The summed E-state index contributed by atoms with van der Waals surface area (Å²) in [6.45, 7) is 2.77. The Morgan fingerprint density at radius 1 is 1.25 bits per heavy atom. The predicted octanol–water partition coefficient (Wildman–Crippen LogP) is 2.77. The molecule has 0 spiro atoms. The zero-order valence-electron chi connectivity index (χ0n) is 12.1. The third-order valence-corrected chi connectivity index (χ3v) is 4.72. The van der Waals surface area contributed by atoms with Gasteiger partial charge in [-0.15, -0.1) is 0 Å². The van der Waals surface area contributed by atoms with Gasteiger partial charge in [0.15, 0.2) is 0 Å². The molecule has 2 aliphatic rings. The first-order valence-corrected chi connectivity index (χ1v) is 7.70. The third-order valence-electron chi connectivity index (χ3n) is 4.72. The van der Waals surface area contributed by atoms with E-state index in [2.05, 4.69) is 9.88 Å². The number of anilines is 1. The number of piperidine rings is 1. The first-order chi connectivity index (χ1) is 9.65. The smallest absolute Gasteiger partial charge is 0.254 e. The number of nitrogens with zero attached hydrogens (tertiary/aromatic N) is 2. The van der Waals surface area contributed by atoms with Gasteiger partial charge in [0.1, 0.15) is 5.82 Å². The molecule has 0 radical (unpaired) electrons. The lowest BCUT2D eigenvalue weighted by molar-refractivity contribution is 0.0390. The second-order valence-corrected chi connectivity index (χ2v) is 6.17. The van der Waals surface area contributed by atoms with Gasteiger partial charge in [0.25, 0.3) is 5.91 Å². The molecule has 1 saturated carbocycles. The van der Waals surface area contributed by atoms with Gasteiger partial charge in [-0.05, 0) is 50.7 Å². The summed E-state index contributed by atoms with van der Waals surface area (Å²) in [5, 5.41) is 0. The highest BCUT2D eigenvalue weighted by molar-refractivity contribution is 5.95. The number of carbonyl (C=O) groups excluding carboxylic acids is 1. The summed E-state index contributed by atoms with van der Waals surface area (Å²) in [5.41, 5.74) is 7.28. The maximum Gasteiger partial charge on any atom is 0.254 e. The number of aryl methyl sites for hydroxylation is 1. The molecule has 4 nitrogen and oxygen atoms in total. The minimum absolute atomic E-state index is 0.138. The number of likely N-dealkylation sites (tertiary alicyclic amines) is 1. The molecule has 0 aromatic carbocycles. The molecule has 2 N–H and O–H groups in total. The van der Waals surface area contributed by atoms with Crippen LogP contribution in [-0.2, 0) is 0 Å². The molecular weight excluding hydrogens is 250 g/mol. The molecule has 2 fully saturated rings. The minimum atomic E-state index is 0.138. The van der Waals surface area contributed by atoms with E-state index >= 15 is 0 Å². The van der Waals surface area contributed by atoms with Crippen LogP contribution in [0.3, 0.4) is 0 Å². The quantitative estimate of drug-likeness (QED) is 0.856. The second kappa shape index (κ2) is 5.43. The van der Waals surface area contributed by atoms with Crippen molar-refractivity contribution in [3.05, 3.63) is 23.4 Å². The van der Waals surface area contributed by atoms with Crippen molar-refractivity contribution in [2.75, 3.05) is 12.3 Å². The number of carbonyl (C=O) groups is 1. The Hall–Kier alpha value is -1.58. The Morgan fingerprint density at radius 2 is 2.00 bits per heavy atom.